The Morgan fingerprint density at radius 3 is 2.65 bits per heavy atom. The first-order valence-corrected chi connectivity index (χ1v) is 7.21. The molecule has 4 rings (SSSR count). The minimum Gasteiger partial charge on any atom is -0.289 e. The molecule has 0 spiro atoms. The lowest BCUT2D eigenvalue weighted by Gasteiger charge is -2.26. The molecule has 0 fully saturated rings. The molecule has 0 bridgehead atoms. The lowest BCUT2D eigenvalue weighted by molar-refractivity contribution is 0.103. The average molecular weight is 266 g/mol. The SMILES string of the molecule is O=C1c2ccccc2Cc2c(F)cc3c(c21)CCCC3. The average Bonchev–Trinajstić information content (AvgIpc) is 2.48. The van der Waals surface area contributed by atoms with Gasteiger partial charge in [-0.2, -0.15) is 0 Å². The molecule has 0 N–H and O–H groups in total. The summed E-state index contributed by atoms with van der Waals surface area (Å²) < 4.78 is 14.4. The van der Waals surface area contributed by atoms with Gasteiger partial charge < -0.3 is 0 Å². The van der Waals surface area contributed by atoms with Crippen molar-refractivity contribution in [2.24, 2.45) is 0 Å². The zero-order valence-electron chi connectivity index (χ0n) is 11.2. The standard InChI is InChI=1S/C18H15FO/c19-16-10-12-6-1-3-7-13(12)17-15(16)9-11-5-2-4-8-14(11)18(17)20/h2,4-5,8,10H,1,3,6-7,9H2. The summed E-state index contributed by atoms with van der Waals surface area (Å²) in [7, 11) is 0. The Hall–Kier alpha value is -1.96. The third kappa shape index (κ3) is 1.57. The Kier molecular flexibility index (Phi) is 2.53. The van der Waals surface area contributed by atoms with E-state index in [0.717, 1.165) is 47.9 Å². The summed E-state index contributed by atoms with van der Waals surface area (Å²) in [5.74, 6) is -0.192. The molecule has 2 aliphatic rings. The number of ketones is 1. The highest BCUT2D eigenvalue weighted by molar-refractivity contribution is 6.13. The predicted molar refractivity (Wildman–Crippen MR) is 75.7 cm³/mol. The van der Waals surface area contributed by atoms with Gasteiger partial charge in [-0.1, -0.05) is 24.3 Å². The van der Waals surface area contributed by atoms with Crippen LogP contribution in [0.4, 0.5) is 4.39 Å². The van der Waals surface area contributed by atoms with Crippen molar-refractivity contribution in [3.8, 4) is 0 Å². The van der Waals surface area contributed by atoms with E-state index in [2.05, 4.69) is 0 Å². The zero-order valence-corrected chi connectivity index (χ0v) is 11.2. The van der Waals surface area contributed by atoms with E-state index in [9.17, 15) is 9.18 Å². The Labute approximate surface area is 117 Å². The van der Waals surface area contributed by atoms with E-state index in [4.69, 9.17) is 0 Å². The van der Waals surface area contributed by atoms with Crippen molar-refractivity contribution in [1.82, 2.24) is 0 Å². The van der Waals surface area contributed by atoms with Gasteiger partial charge in [0.15, 0.2) is 5.78 Å². The molecule has 2 aromatic carbocycles. The molecular formula is C18H15FO. The van der Waals surface area contributed by atoms with Crippen molar-refractivity contribution in [3.63, 3.8) is 0 Å². The van der Waals surface area contributed by atoms with Crippen LogP contribution in [-0.2, 0) is 19.3 Å². The Bertz CT molecular complexity index is 730. The first kappa shape index (κ1) is 11.8. The fourth-order valence-electron chi connectivity index (χ4n) is 3.58. The molecule has 2 aromatic rings. The second kappa shape index (κ2) is 4.27. The second-order valence-electron chi connectivity index (χ2n) is 5.72. The highest BCUT2D eigenvalue weighted by Gasteiger charge is 2.30. The van der Waals surface area contributed by atoms with Crippen LogP contribution >= 0.6 is 0 Å². The van der Waals surface area contributed by atoms with Gasteiger partial charge in [0.05, 0.1) is 0 Å². The highest BCUT2D eigenvalue weighted by Crippen LogP contribution is 2.35. The molecule has 0 heterocycles. The monoisotopic (exact) mass is 266 g/mol. The molecule has 0 saturated heterocycles. The van der Waals surface area contributed by atoms with E-state index in [0.29, 0.717) is 17.5 Å². The summed E-state index contributed by atoms with van der Waals surface area (Å²) in [6.45, 7) is 0. The number of benzene rings is 2. The van der Waals surface area contributed by atoms with Gasteiger partial charge in [-0.25, -0.2) is 4.39 Å². The fraction of sp³-hybridized carbons (Fsp3) is 0.278. The van der Waals surface area contributed by atoms with E-state index in [1.54, 1.807) is 6.07 Å². The largest absolute Gasteiger partial charge is 0.289 e. The minimum atomic E-state index is -0.205. The molecule has 0 unspecified atom stereocenters. The number of carbonyl (C=O) groups excluding carboxylic acids is 1. The number of hydrogen-bond donors (Lipinski definition) is 0. The molecule has 1 nitrogen and oxygen atoms in total. The van der Waals surface area contributed by atoms with Crippen molar-refractivity contribution >= 4 is 5.78 Å². The Morgan fingerprint density at radius 2 is 1.75 bits per heavy atom. The molecule has 0 aromatic heterocycles. The van der Waals surface area contributed by atoms with Gasteiger partial charge in [0.2, 0.25) is 0 Å². The van der Waals surface area contributed by atoms with Crippen LogP contribution in [0.2, 0.25) is 0 Å². The third-order valence-corrected chi connectivity index (χ3v) is 4.56. The molecule has 0 aliphatic heterocycles. The molecule has 2 heteroatoms. The first-order chi connectivity index (χ1) is 9.75. The van der Waals surface area contributed by atoms with Crippen LogP contribution in [-0.4, -0.2) is 5.78 Å². The van der Waals surface area contributed by atoms with Crippen LogP contribution in [0.1, 0.15) is 51.0 Å². The molecule has 20 heavy (non-hydrogen) atoms. The van der Waals surface area contributed by atoms with Gasteiger partial charge in [0.25, 0.3) is 0 Å². The van der Waals surface area contributed by atoms with Crippen LogP contribution in [0.5, 0.6) is 0 Å². The van der Waals surface area contributed by atoms with E-state index >= 15 is 0 Å². The highest BCUT2D eigenvalue weighted by atomic mass is 19.1. The van der Waals surface area contributed by atoms with Crippen LogP contribution < -0.4 is 0 Å². The number of hydrogen-bond acceptors (Lipinski definition) is 1. The number of fused-ring (bicyclic) bond motifs is 4. The fourth-order valence-corrected chi connectivity index (χ4v) is 3.58. The smallest absolute Gasteiger partial charge is 0.193 e. The molecule has 0 atom stereocenters. The van der Waals surface area contributed by atoms with Gasteiger partial charge in [0, 0.05) is 23.1 Å². The van der Waals surface area contributed by atoms with E-state index in [1.807, 2.05) is 24.3 Å². The van der Waals surface area contributed by atoms with Gasteiger partial charge in [-0.15, -0.1) is 0 Å². The van der Waals surface area contributed by atoms with E-state index in [-0.39, 0.29) is 11.6 Å². The number of aryl methyl sites for hydroxylation is 1. The minimum absolute atomic E-state index is 0.0134. The van der Waals surface area contributed by atoms with Crippen molar-refractivity contribution in [2.75, 3.05) is 0 Å². The maximum absolute atomic E-state index is 14.4. The van der Waals surface area contributed by atoms with Crippen LogP contribution in [0.15, 0.2) is 30.3 Å². The maximum atomic E-state index is 14.4. The Balaban J connectivity index is 1.99. The lowest BCUT2D eigenvalue weighted by atomic mass is 9.77. The van der Waals surface area contributed by atoms with Gasteiger partial charge in [-0.3, -0.25) is 4.79 Å². The summed E-state index contributed by atoms with van der Waals surface area (Å²) in [5.41, 5.74) is 5.11. The number of halogens is 1. The molecule has 100 valence electrons. The van der Waals surface area contributed by atoms with Crippen LogP contribution in [0.3, 0.4) is 0 Å². The first-order valence-electron chi connectivity index (χ1n) is 7.21. The van der Waals surface area contributed by atoms with Gasteiger partial charge in [0.1, 0.15) is 5.82 Å². The summed E-state index contributed by atoms with van der Waals surface area (Å²) in [5, 5.41) is 0. The molecular weight excluding hydrogens is 251 g/mol. The summed E-state index contributed by atoms with van der Waals surface area (Å²) in [6, 6.07) is 9.24. The van der Waals surface area contributed by atoms with Gasteiger partial charge in [-0.05, 0) is 48.4 Å². The van der Waals surface area contributed by atoms with Crippen LogP contribution in [0, 0.1) is 5.82 Å². The van der Waals surface area contributed by atoms with Crippen molar-refractivity contribution in [3.05, 3.63) is 69.5 Å². The number of carbonyl (C=O) groups is 1. The van der Waals surface area contributed by atoms with Crippen molar-refractivity contribution in [2.45, 2.75) is 32.1 Å². The maximum Gasteiger partial charge on any atom is 0.193 e. The second-order valence-corrected chi connectivity index (χ2v) is 5.72. The quantitative estimate of drug-likeness (QED) is 0.604. The third-order valence-electron chi connectivity index (χ3n) is 4.56. The molecule has 0 amide bonds. The lowest BCUT2D eigenvalue weighted by Crippen LogP contribution is -2.21. The summed E-state index contributed by atoms with van der Waals surface area (Å²) in [6.07, 6.45) is 4.53. The van der Waals surface area contributed by atoms with E-state index < -0.39 is 0 Å². The summed E-state index contributed by atoms with van der Waals surface area (Å²) in [4.78, 5) is 12.8. The summed E-state index contributed by atoms with van der Waals surface area (Å²) >= 11 is 0. The Morgan fingerprint density at radius 1 is 0.950 bits per heavy atom. The van der Waals surface area contributed by atoms with E-state index in [1.165, 1.54) is 0 Å². The molecule has 0 radical (unpaired) electrons. The van der Waals surface area contributed by atoms with Crippen LogP contribution in [0.25, 0.3) is 0 Å². The zero-order chi connectivity index (χ0) is 13.7. The molecule has 0 saturated carbocycles. The van der Waals surface area contributed by atoms with Crippen molar-refractivity contribution in [1.29, 1.82) is 0 Å². The molecule has 2 aliphatic carbocycles. The topological polar surface area (TPSA) is 17.1 Å². The van der Waals surface area contributed by atoms with Crippen molar-refractivity contribution < 1.29 is 9.18 Å². The normalized spacial score (nSPS) is 16.4. The van der Waals surface area contributed by atoms with Gasteiger partial charge >= 0.3 is 0 Å². The number of rotatable bonds is 0. The predicted octanol–water partition coefficient (Wildman–Crippen LogP) is 3.84.